The van der Waals surface area contributed by atoms with Crippen LogP contribution >= 0.6 is 0 Å². The second-order valence-electron chi connectivity index (χ2n) is 9.37. The van der Waals surface area contributed by atoms with Crippen molar-refractivity contribution in [2.45, 2.75) is 38.3 Å². The molecule has 0 bridgehead atoms. The van der Waals surface area contributed by atoms with Crippen LogP contribution in [0.25, 0.3) is 10.9 Å². The molecule has 0 aliphatic heterocycles. The molecule has 4 rings (SSSR count). The van der Waals surface area contributed by atoms with E-state index in [2.05, 4.69) is 10.6 Å². The van der Waals surface area contributed by atoms with E-state index >= 15 is 0 Å². The summed E-state index contributed by atoms with van der Waals surface area (Å²) in [4.78, 5) is 22.5. The van der Waals surface area contributed by atoms with Crippen LogP contribution in [0, 0.1) is 16.0 Å². The number of hydrogen-bond donors (Lipinski definition) is 2. The quantitative estimate of drug-likeness (QED) is 0.313. The van der Waals surface area contributed by atoms with Crippen LogP contribution in [0.5, 0.6) is 11.5 Å². The number of hydrogen-bond acceptors (Lipinski definition) is 9. The highest BCUT2D eigenvalue weighted by molar-refractivity contribution is 5.90. The molecule has 0 spiro atoms. The fraction of sp³-hybridized carbons (Fsp3) is 0.462. The zero-order valence-corrected chi connectivity index (χ0v) is 21.3. The summed E-state index contributed by atoms with van der Waals surface area (Å²) in [7, 11) is 6.96. The van der Waals surface area contributed by atoms with Crippen molar-refractivity contribution in [3.8, 4) is 11.5 Å². The third-order valence-electron chi connectivity index (χ3n) is 6.71. The maximum absolute atomic E-state index is 11.4. The molecule has 1 aliphatic carbocycles. The first-order valence-corrected chi connectivity index (χ1v) is 12.2. The van der Waals surface area contributed by atoms with Gasteiger partial charge in [-0.25, -0.2) is 4.98 Å². The van der Waals surface area contributed by atoms with Crippen LogP contribution in [-0.2, 0) is 6.54 Å². The van der Waals surface area contributed by atoms with Crippen molar-refractivity contribution in [1.82, 2.24) is 15.3 Å². The van der Waals surface area contributed by atoms with Gasteiger partial charge in [-0.2, -0.15) is 4.98 Å². The Morgan fingerprint density at radius 3 is 2.44 bits per heavy atom. The van der Waals surface area contributed by atoms with E-state index in [1.165, 1.54) is 13.2 Å². The Morgan fingerprint density at radius 1 is 1.06 bits per heavy atom. The number of benzene rings is 2. The van der Waals surface area contributed by atoms with Gasteiger partial charge >= 0.3 is 5.69 Å². The van der Waals surface area contributed by atoms with Crippen molar-refractivity contribution in [1.29, 1.82) is 0 Å². The molecule has 1 aliphatic rings. The molecular formula is C26H34N6O4. The Labute approximate surface area is 211 Å². The number of rotatable bonds is 10. The van der Waals surface area contributed by atoms with E-state index in [1.807, 2.05) is 43.3 Å². The summed E-state index contributed by atoms with van der Waals surface area (Å²) in [6, 6.07) is 11.5. The number of ether oxygens (including phenoxy) is 2. The third kappa shape index (κ3) is 5.76. The summed E-state index contributed by atoms with van der Waals surface area (Å²) >= 11 is 0. The maximum Gasteiger partial charge on any atom is 0.311 e. The number of nitrogens with one attached hydrogen (secondary N) is 2. The van der Waals surface area contributed by atoms with Crippen LogP contribution in [0.15, 0.2) is 36.4 Å². The first-order chi connectivity index (χ1) is 17.4. The van der Waals surface area contributed by atoms with E-state index < -0.39 is 4.92 Å². The fourth-order valence-electron chi connectivity index (χ4n) is 4.80. The average Bonchev–Trinajstić information content (AvgIpc) is 2.88. The van der Waals surface area contributed by atoms with Crippen molar-refractivity contribution >= 4 is 28.4 Å². The van der Waals surface area contributed by atoms with E-state index in [9.17, 15) is 10.1 Å². The normalized spacial score (nSPS) is 17.6. The highest BCUT2D eigenvalue weighted by Gasteiger charge is 2.23. The fourth-order valence-corrected chi connectivity index (χ4v) is 4.80. The highest BCUT2D eigenvalue weighted by atomic mass is 16.6. The highest BCUT2D eigenvalue weighted by Crippen LogP contribution is 2.34. The molecule has 0 saturated heterocycles. The minimum Gasteiger partial charge on any atom is -0.496 e. The maximum atomic E-state index is 11.4. The lowest BCUT2D eigenvalue weighted by Crippen LogP contribution is -2.31. The van der Waals surface area contributed by atoms with E-state index in [1.54, 1.807) is 13.2 Å². The van der Waals surface area contributed by atoms with Crippen LogP contribution < -0.4 is 25.0 Å². The van der Waals surface area contributed by atoms with Gasteiger partial charge in [0.1, 0.15) is 11.6 Å². The number of nitrogens with zero attached hydrogens (tertiary/aromatic N) is 4. The zero-order chi connectivity index (χ0) is 25.7. The SMILES string of the molecule is COc1cc(OC)c([N+](=O)[O-])cc1CNC[C@H]1CC[C@@H](Nc2nc(N(C)C)c3ccccc3n2)CC1. The van der Waals surface area contributed by atoms with Crippen LogP contribution in [0.1, 0.15) is 31.2 Å². The molecule has 1 heterocycles. The Kier molecular flexibility index (Phi) is 8.04. The number of methoxy groups -OCH3 is 2. The summed E-state index contributed by atoms with van der Waals surface area (Å²) in [5.74, 6) is 2.89. The first kappa shape index (κ1) is 25.4. The molecule has 2 aromatic carbocycles. The number of nitro benzene ring substituents is 1. The van der Waals surface area contributed by atoms with E-state index in [0.717, 1.165) is 54.5 Å². The Morgan fingerprint density at radius 2 is 1.78 bits per heavy atom. The predicted octanol–water partition coefficient (Wildman–Crippen LogP) is 4.38. The van der Waals surface area contributed by atoms with Gasteiger partial charge in [0, 0.05) is 49.8 Å². The number of nitro groups is 1. The molecule has 1 saturated carbocycles. The average molecular weight is 495 g/mol. The molecule has 2 N–H and O–H groups in total. The summed E-state index contributed by atoms with van der Waals surface area (Å²) < 4.78 is 10.6. The molecule has 192 valence electrons. The molecule has 10 heteroatoms. The minimum atomic E-state index is -0.434. The molecule has 0 amide bonds. The Hall–Kier alpha value is -3.66. The van der Waals surface area contributed by atoms with Gasteiger partial charge in [-0.1, -0.05) is 12.1 Å². The second kappa shape index (κ2) is 11.4. The van der Waals surface area contributed by atoms with Crippen LogP contribution in [-0.4, -0.2) is 55.8 Å². The van der Waals surface area contributed by atoms with Gasteiger partial charge in [-0.15, -0.1) is 0 Å². The zero-order valence-electron chi connectivity index (χ0n) is 21.3. The summed E-state index contributed by atoms with van der Waals surface area (Å²) in [5.41, 5.74) is 1.62. The van der Waals surface area contributed by atoms with Crippen molar-refractivity contribution in [3.05, 3.63) is 52.1 Å². The standard InChI is InChI=1S/C26H34N6O4/c1-31(2)25-20-7-5-6-8-21(20)29-26(30-25)28-19-11-9-17(10-12-19)15-27-16-18-13-22(32(33)34)24(36-4)14-23(18)35-3/h5-8,13-14,17,19,27H,9-12,15-16H2,1-4H3,(H,28,29,30)/t17-,19+. The lowest BCUT2D eigenvalue weighted by Gasteiger charge is -2.29. The van der Waals surface area contributed by atoms with Crippen LogP contribution in [0.4, 0.5) is 17.5 Å². The van der Waals surface area contributed by atoms with Gasteiger partial charge in [-0.3, -0.25) is 10.1 Å². The van der Waals surface area contributed by atoms with Gasteiger partial charge < -0.3 is 25.0 Å². The molecule has 10 nitrogen and oxygen atoms in total. The number of aromatic nitrogens is 2. The summed E-state index contributed by atoms with van der Waals surface area (Å²) in [6.45, 7) is 1.33. The molecule has 36 heavy (non-hydrogen) atoms. The summed E-state index contributed by atoms with van der Waals surface area (Å²) in [5, 5.41) is 19.4. The van der Waals surface area contributed by atoms with Crippen molar-refractivity contribution in [3.63, 3.8) is 0 Å². The number of para-hydroxylation sites is 1. The molecule has 1 fully saturated rings. The van der Waals surface area contributed by atoms with E-state index in [-0.39, 0.29) is 11.4 Å². The monoisotopic (exact) mass is 494 g/mol. The van der Waals surface area contributed by atoms with Crippen molar-refractivity contribution < 1.29 is 14.4 Å². The molecular weight excluding hydrogens is 460 g/mol. The summed E-state index contributed by atoms with van der Waals surface area (Å²) in [6.07, 6.45) is 4.24. The van der Waals surface area contributed by atoms with Gasteiger partial charge in [0.2, 0.25) is 11.7 Å². The predicted molar refractivity (Wildman–Crippen MR) is 141 cm³/mol. The van der Waals surface area contributed by atoms with Gasteiger partial charge in [-0.05, 0) is 50.3 Å². The van der Waals surface area contributed by atoms with Gasteiger partial charge in [0.25, 0.3) is 0 Å². The molecule has 1 aromatic heterocycles. The first-order valence-electron chi connectivity index (χ1n) is 12.2. The van der Waals surface area contributed by atoms with Crippen LogP contribution in [0.3, 0.4) is 0 Å². The van der Waals surface area contributed by atoms with Crippen molar-refractivity contribution in [2.24, 2.45) is 5.92 Å². The smallest absolute Gasteiger partial charge is 0.311 e. The van der Waals surface area contributed by atoms with E-state index in [4.69, 9.17) is 19.4 Å². The topological polar surface area (TPSA) is 115 Å². The second-order valence-corrected chi connectivity index (χ2v) is 9.37. The Bertz CT molecular complexity index is 1210. The largest absolute Gasteiger partial charge is 0.496 e. The van der Waals surface area contributed by atoms with Gasteiger partial charge in [0.15, 0.2) is 0 Å². The third-order valence-corrected chi connectivity index (χ3v) is 6.71. The molecule has 0 atom stereocenters. The van der Waals surface area contributed by atoms with Gasteiger partial charge in [0.05, 0.1) is 24.7 Å². The lowest BCUT2D eigenvalue weighted by atomic mass is 9.86. The molecule has 0 unspecified atom stereocenters. The lowest BCUT2D eigenvalue weighted by molar-refractivity contribution is -0.385. The van der Waals surface area contributed by atoms with Crippen LogP contribution in [0.2, 0.25) is 0 Å². The van der Waals surface area contributed by atoms with Crippen molar-refractivity contribution in [2.75, 3.05) is 45.1 Å². The molecule has 0 radical (unpaired) electrons. The minimum absolute atomic E-state index is 0.0602. The number of fused-ring (bicyclic) bond motifs is 1. The molecule has 3 aromatic rings. The van der Waals surface area contributed by atoms with E-state index in [0.29, 0.717) is 30.2 Å². The Balaban J connectivity index is 1.31. The number of anilines is 2.